The highest BCUT2D eigenvalue weighted by molar-refractivity contribution is 5.62. The van der Waals surface area contributed by atoms with Crippen LogP contribution in [-0.4, -0.2) is 20.2 Å². The minimum atomic E-state index is -0.296. The molecule has 0 aliphatic heterocycles. The van der Waals surface area contributed by atoms with Gasteiger partial charge in [0, 0.05) is 35.1 Å². The van der Waals surface area contributed by atoms with E-state index in [1.165, 1.54) is 0 Å². The first-order chi connectivity index (χ1) is 11.4. The summed E-state index contributed by atoms with van der Waals surface area (Å²) < 4.78 is 0. The van der Waals surface area contributed by atoms with Crippen LogP contribution in [0.15, 0.2) is 47.5 Å². The molecule has 1 aromatic carbocycles. The predicted molar refractivity (Wildman–Crippen MR) is 94.6 cm³/mol. The maximum absolute atomic E-state index is 11.5. The molecule has 0 spiro atoms. The molecule has 1 atom stereocenters. The first-order valence-corrected chi connectivity index (χ1v) is 7.88. The largest absolute Gasteiger partial charge is 0.368 e. The molecular weight excluding hydrogens is 302 g/mol. The Hall–Kier alpha value is -2.89. The van der Waals surface area contributed by atoms with E-state index in [0.29, 0.717) is 5.92 Å². The van der Waals surface area contributed by atoms with Crippen LogP contribution < -0.4 is 11.3 Å². The molecule has 124 valence electrons. The standard InChI is InChI=1S/C18H21N5O/c1-11(2)18(3,15-8-16(24)23-22-15)14-6-4-12(5-7-14)13-9-20-17(19)21-10-13/h4-11H,1-3H3,(H2,19,20,21)(H2,22,23,24). The lowest BCUT2D eigenvalue weighted by molar-refractivity contribution is 0.394. The summed E-state index contributed by atoms with van der Waals surface area (Å²) in [5.41, 5.74) is 9.06. The van der Waals surface area contributed by atoms with Crippen LogP contribution in [0.1, 0.15) is 32.0 Å². The molecule has 6 heteroatoms. The lowest BCUT2D eigenvalue weighted by Gasteiger charge is -2.33. The number of rotatable bonds is 4. The molecule has 1 unspecified atom stereocenters. The van der Waals surface area contributed by atoms with Crippen molar-refractivity contribution in [2.75, 3.05) is 5.73 Å². The Kier molecular flexibility index (Phi) is 3.97. The average molecular weight is 323 g/mol. The molecule has 0 fully saturated rings. The minimum absolute atomic E-state index is 0.118. The molecular formula is C18H21N5O. The predicted octanol–water partition coefficient (Wildman–Crippen LogP) is 2.70. The Balaban J connectivity index is 2.01. The number of H-pyrrole nitrogens is 2. The smallest absolute Gasteiger partial charge is 0.264 e. The van der Waals surface area contributed by atoms with Crippen LogP contribution in [0.25, 0.3) is 11.1 Å². The number of nitrogens with zero attached hydrogens (tertiary/aromatic N) is 2. The highest BCUT2D eigenvalue weighted by Crippen LogP contribution is 2.38. The molecule has 0 aliphatic carbocycles. The van der Waals surface area contributed by atoms with Crippen LogP contribution >= 0.6 is 0 Å². The lowest BCUT2D eigenvalue weighted by atomic mass is 9.71. The molecule has 3 rings (SSSR count). The van der Waals surface area contributed by atoms with Gasteiger partial charge in [0.25, 0.3) is 5.56 Å². The SMILES string of the molecule is CC(C)C(C)(c1ccc(-c2cnc(N)nc2)cc1)c1cc(=O)[nH][nH]1. The molecule has 0 bridgehead atoms. The fourth-order valence-electron chi connectivity index (χ4n) is 2.91. The average Bonchev–Trinajstić information content (AvgIpc) is 3.02. The van der Waals surface area contributed by atoms with E-state index < -0.39 is 0 Å². The first-order valence-electron chi connectivity index (χ1n) is 7.88. The zero-order chi connectivity index (χ0) is 17.3. The normalized spacial score (nSPS) is 13.8. The number of nitrogen functional groups attached to an aromatic ring is 1. The van der Waals surface area contributed by atoms with Gasteiger partial charge in [0.1, 0.15) is 0 Å². The second-order valence-electron chi connectivity index (χ2n) is 6.44. The van der Waals surface area contributed by atoms with Crippen molar-refractivity contribution >= 4 is 5.95 Å². The van der Waals surface area contributed by atoms with Crippen LogP contribution in [0, 0.1) is 5.92 Å². The van der Waals surface area contributed by atoms with Gasteiger partial charge in [-0.05, 0) is 24.0 Å². The monoisotopic (exact) mass is 323 g/mol. The zero-order valence-electron chi connectivity index (χ0n) is 14.0. The van der Waals surface area contributed by atoms with Gasteiger partial charge in [-0.2, -0.15) is 0 Å². The Morgan fingerprint density at radius 3 is 2.17 bits per heavy atom. The van der Waals surface area contributed by atoms with E-state index in [0.717, 1.165) is 22.4 Å². The molecule has 0 aliphatic rings. The zero-order valence-corrected chi connectivity index (χ0v) is 14.0. The van der Waals surface area contributed by atoms with Gasteiger partial charge < -0.3 is 10.8 Å². The van der Waals surface area contributed by atoms with E-state index in [2.05, 4.69) is 53.1 Å². The van der Waals surface area contributed by atoms with Gasteiger partial charge in [-0.1, -0.05) is 38.1 Å². The Labute approximate surface area is 140 Å². The molecule has 0 saturated heterocycles. The molecule has 4 N–H and O–H groups in total. The van der Waals surface area contributed by atoms with Crippen LogP contribution in [-0.2, 0) is 5.41 Å². The van der Waals surface area contributed by atoms with Crippen molar-refractivity contribution in [1.29, 1.82) is 0 Å². The van der Waals surface area contributed by atoms with Crippen LogP contribution in [0.4, 0.5) is 5.95 Å². The summed E-state index contributed by atoms with van der Waals surface area (Å²) >= 11 is 0. The summed E-state index contributed by atoms with van der Waals surface area (Å²) in [4.78, 5) is 19.6. The number of aromatic nitrogens is 4. The summed E-state index contributed by atoms with van der Waals surface area (Å²) in [5.74, 6) is 0.564. The van der Waals surface area contributed by atoms with Gasteiger partial charge in [0.05, 0.1) is 0 Å². The third-order valence-electron chi connectivity index (χ3n) is 4.80. The Morgan fingerprint density at radius 1 is 1.04 bits per heavy atom. The lowest BCUT2D eigenvalue weighted by Crippen LogP contribution is -2.30. The van der Waals surface area contributed by atoms with Crippen LogP contribution in [0.5, 0.6) is 0 Å². The summed E-state index contributed by atoms with van der Waals surface area (Å²) in [6, 6.07) is 9.86. The summed E-state index contributed by atoms with van der Waals surface area (Å²) in [6.45, 7) is 6.43. The Morgan fingerprint density at radius 2 is 1.67 bits per heavy atom. The molecule has 2 heterocycles. The van der Waals surface area contributed by atoms with Gasteiger partial charge in [-0.15, -0.1) is 0 Å². The number of benzene rings is 1. The number of nitrogens with one attached hydrogen (secondary N) is 2. The third-order valence-corrected chi connectivity index (χ3v) is 4.80. The van der Waals surface area contributed by atoms with Gasteiger partial charge >= 0.3 is 0 Å². The van der Waals surface area contributed by atoms with Gasteiger partial charge in [0.2, 0.25) is 5.95 Å². The van der Waals surface area contributed by atoms with Crippen molar-refractivity contribution < 1.29 is 0 Å². The number of aromatic amines is 2. The van der Waals surface area contributed by atoms with E-state index in [4.69, 9.17) is 5.73 Å². The van der Waals surface area contributed by atoms with Gasteiger partial charge in [-0.25, -0.2) is 9.97 Å². The fourth-order valence-corrected chi connectivity index (χ4v) is 2.91. The maximum Gasteiger partial charge on any atom is 0.264 e. The van der Waals surface area contributed by atoms with Crippen LogP contribution in [0.2, 0.25) is 0 Å². The summed E-state index contributed by atoms with van der Waals surface area (Å²) in [6.07, 6.45) is 3.42. The highest BCUT2D eigenvalue weighted by Gasteiger charge is 2.34. The van der Waals surface area contributed by atoms with Crippen molar-refractivity contribution in [1.82, 2.24) is 20.2 Å². The molecule has 2 aromatic heterocycles. The van der Waals surface area contributed by atoms with E-state index >= 15 is 0 Å². The number of anilines is 1. The minimum Gasteiger partial charge on any atom is -0.368 e. The maximum atomic E-state index is 11.5. The van der Waals surface area contributed by atoms with Gasteiger partial charge in [-0.3, -0.25) is 9.89 Å². The van der Waals surface area contributed by atoms with Crippen molar-refractivity contribution in [3.8, 4) is 11.1 Å². The number of nitrogens with two attached hydrogens (primary N) is 1. The molecule has 6 nitrogen and oxygen atoms in total. The van der Waals surface area contributed by atoms with Crippen molar-refractivity contribution in [2.24, 2.45) is 5.92 Å². The summed E-state index contributed by atoms with van der Waals surface area (Å²) in [5, 5.41) is 5.64. The van der Waals surface area contributed by atoms with Crippen molar-refractivity contribution in [3.05, 3.63) is 64.3 Å². The van der Waals surface area contributed by atoms with E-state index in [-0.39, 0.29) is 16.9 Å². The number of hydrogen-bond acceptors (Lipinski definition) is 4. The molecule has 3 aromatic rings. The second-order valence-corrected chi connectivity index (χ2v) is 6.44. The van der Waals surface area contributed by atoms with E-state index in [1.54, 1.807) is 18.5 Å². The summed E-state index contributed by atoms with van der Waals surface area (Å²) in [7, 11) is 0. The Bertz CT molecular complexity index is 877. The highest BCUT2D eigenvalue weighted by atomic mass is 16.1. The fraction of sp³-hybridized carbons (Fsp3) is 0.278. The van der Waals surface area contributed by atoms with Crippen molar-refractivity contribution in [2.45, 2.75) is 26.2 Å². The molecule has 0 amide bonds. The van der Waals surface area contributed by atoms with Crippen molar-refractivity contribution in [3.63, 3.8) is 0 Å². The molecule has 24 heavy (non-hydrogen) atoms. The quantitative estimate of drug-likeness (QED) is 0.687. The molecule has 0 saturated carbocycles. The van der Waals surface area contributed by atoms with Crippen LogP contribution in [0.3, 0.4) is 0 Å². The third kappa shape index (κ3) is 2.71. The van der Waals surface area contributed by atoms with E-state index in [9.17, 15) is 4.79 Å². The molecule has 0 radical (unpaired) electrons. The first kappa shape index (κ1) is 16.0. The topological polar surface area (TPSA) is 100 Å². The number of hydrogen-bond donors (Lipinski definition) is 3. The van der Waals surface area contributed by atoms with E-state index in [1.807, 2.05) is 12.1 Å². The van der Waals surface area contributed by atoms with Gasteiger partial charge in [0.15, 0.2) is 0 Å². The second kappa shape index (κ2) is 5.96.